The monoisotopic (exact) mass is 438 g/mol. The van der Waals surface area contributed by atoms with Gasteiger partial charge >= 0.3 is 0 Å². The molecule has 1 saturated carbocycles. The molecule has 2 fully saturated rings. The lowest BCUT2D eigenvalue weighted by Crippen LogP contribution is -2.49. The van der Waals surface area contributed by atoms with Crippen LogP contribution in [0.5, 0.6) is 0 Å². The van der Waals surface area contributed by atoms with Crippen LogP contribution in [0.2, 0.25) is 0 Å². The molecule has 8 heteroatoms. The Labute approximate surface area is 185 Å². The first kappa shape index (κ1) is 22.8. The van der Waals surface area contributed by atoms with E-state index in [2.05, 4.69) is 63.8 Å². The van der Waals surface area contributed by atoms with Crippen molar-refractivity contribution in [3.05, 3.63) is 5.82 Å². The summed E-state index contributed by atoms with van der Waals surface area (Å²) in [6.45, 7) is 10.8. The Hall–Kier alpha value is -0.890. The lowest BCUT2D eigenvalue weighted by atomic mass is 10.1. The van der Waals surface area contributed by atoms with E-state index in [0.717, 1.165) is 56.0 Å². The number of aliphatic imine (C=N–C) groups is 1. The highest BCUT2D eigenvalue weighted by Gasteiger charge is 2.25. The third-order valence-corrected chi connectivity index (χ3v) is 8.08. The molecule has 1 atom stereocenters. The quantitative estimate of drug-likeness (QED) is 0.286. The van der Waals surface area contributed by atoms with E-state index >= 15 is 0 Å². The normalized spacial score (nSPS) is 21.3. The van der Waals surface area contributed by atoms with Crippen molar-refractivity contribution < 1.29 is 0 Å². The minimum absolute atomic E-state index is 0.599. The molecule has 2 aliphatic rings. The summed E-state index contributed by atoms with van der Waals surface area (Å²) in [7, 11) is 0. The molecule has 6 nitrogen and oxygen atoms in total. The van der Waals surface area contributed by atoms with Crippen LogP contribution in [0.15, 0.2) is 10.1 Å². The maximum Gasteiger partial charge on any atom is 0.193 e. The van der Waals surface area contributed by atoms with Crippen LogP contribution in [-0.2, 0) is 6.42 Å². The van der Waals surface area contributed by atoms with Crippen molar-refractivity contribution in [2.75, 3.05) is 38.2 Å². The maximum absolute atomic E-state index is 4.96. The second-order valence-electron chi connectivity index (χ2n) is 8.35. The van der Waals surface area contributed by atoms with Gasteiger partial charge in [0.25, 0.3) is 0 Å². The van der Waals surface area contributed by atoms with E-state index in [-0.39, 0.29) is 0 Å². The highest BCUT2D eigenvalue weighted by atomic mass is 32.2. The summed E-state index contributed by atoms with van der Waals surface area (Å²) >= 11 is 3.83. The summed E-state index contributed by atoms with van der Waals surface area (Å²) in [6, 6.07) is 0.599. The summed E-state index contributed by atoms with van der Waals surface area (Å²) < 4.78 is 2.42. The SMILES string of the molecule is CCNC(=NCCCc1nnc(SC)n1C1CCCC1)N1CCSC(C(C)C)C1. The topological polar surface area (TPSA) is 58.3 Å². The fourth-order valence-corrected chi connectivity index (χ4v) is 6.14. The van der Waals surface area contributed by atoms with E-state index in [1.54, 1.807) is 11.8 Å². The first-order valence-electron chi connectivity index (χ1n) is 11.3. The largest absolute Gasteiger partial charge is 0.357 e. The van der Waals surface area contributed by atoms with E-state index in [1.807, 2.05) is 0 Å². The smallest absolute Gasteiger partial charge is 0.193 e. The van der Waals surface area contributed by atoms with Crippen LogP contribution in [0.4, 0.5) is 0 Å². The third-order valence-electron chi connectivity index (χ3n) is 5.90. The number of hydrogen-bond acceptors (Lipinski definition) is 5. The fourth-order valence-electron chi connectivity index (χ4n) is 4.27. The van der Waals surface area contributed by atoms with E-state index in [1.165, 1.54) is 31.4 Å². The summed E-state index contributed by atoms with van der Waals surface area (Å²) in [5, 5.41) is 14.2. The van der Waals surface area contributed by atoms with Gasteiger partial charge in [-0.3, -0.25) is 4.99 Å². The molecule has 1 unspecified atom stereocenters. The molecule has 1 saturated heterocycles. The first-order chi connectivity index (χ1) is 14.1. The van der Waals surface area contributed by atoms with Gasteiger partial charge in [0.2, 0.25) is 0 Å². The Kier molecular flexibility index (Phi) is 9.03. The number of nitrogens with one attached hydrogen (secondary N) is 1. The van der Waals surface area contributed by atoms with Gasteiger partial charge in [-0.25, -0.2) is 0 Å². The molecule has 29 heavy (non-hydrogen) atoms. The molecule has 1 N–H and O–H groups in total. The van der Waals surface area contributed by atoms with Crippen LogP contribution in [0.3, 0.4) is 0 Å². The van der Waals surface area contributed by atoms with Gasteiger partial charge in [-0.2, -0.15) is 11.8 Å². The molecule has 164 valence electrons. The van der Waals surface area contributed by atoms with E-state index in [9.17, 15) is 0 Å². The number of rotatable bonds is 8. The van der Waals surface area contributed by atoms with Crippen molar-refractivity contribution in [1.82, 2.24) is 25.0 Å². The standard InChI is InChI=1S/C21H38N6S2/c1-5-22-20(26-13-14-29-18(15-26)16(2)3)23-12-8-11-19-24-25-21(28-4)27(19)17-9-6-7-10-17/h16-18H,5-15H2,1-4H3,(H,22,23). The average Bonchev–Trinajstić information content (AvgIpc) is 3.39. The molecule has 1 aliphatic heterocycles. The van der Waals surface area contributed by atoms with Gasteiger partial charge in [-0.15, -0.1) is 10.2 Å². The first-order valence-corrected chi connectivity index (χ1v) is 13.5. The number of thioether (sulfide) groups is 2. The second kappa shape index (κ2) is 11.5. The highest BCUT2D eigenvalue weighted by Crippen LogP contribution is 2.33. The average molecular weight is 439 g/mol. The Balaban J connectivity index is 1.58. The van der Waals surface area contributed by atoms with Gasteiger partial charge < -0.3 is 14.8 Å². The molecule has 0 bridgehead atoms. The molecule has 3 rings (SSSR count). The second-order valence-corrected chi connectivity index (χ2v) is 10.5. The Morgan fingerprint density at radius 1 is 1.31 bits per heavy atom. The lowest BCUT2D eigenvalue weighted by Gasteiger charge is -2.36. The third kappa shape index (κ3) is 6.06. The molecule has 0 aromatic carbocycles. The molecule has 1 aromatic rings. The van der Waals surface area contributed by atoms with Crippen molar-refractivity contribution in [2.24, 2.45) is 10.9 Å². The Bertz CT molecular complexity index is 654. The van der Waals surface area contributed by atoms with Crippen LogP contribution in [0.25, 0.3) is 0 Å². The van der Waals surface area contributed by atoms with Crippen LogP contribution < -0.4 is 5.32 Å². The number of nitrogens with zero attached hydrogens (tertiary/aromatic N) is 5. The molecule has 1 aliphatic carbocycles. The van der Waals surface area contributed by atoms with Crippen molar-refractivity contribution in [3.63, 3.8) is 0 Å². The summed E-state index contributed by atoms with van der Waals surface area (Å²) in [6.07, 6.45) is 9.28. The zero-order chi connectivity index (χ0) is 20.6. The maximum atomic E-state index is 4.96. The molecular weight excluding hydrogens is 400 g/mol. The van der Waals surface area contributed by atoms with Crippen molar-refractivity contribution in [1.29, 1.82) is 0 Å². The summed E-state index contributed by atoms with van der Waals surface area (Å²) in [5.74, 6) is 4.13. The summed E-state index contributed by atoms with van der Waals surface area (Å²) in [5.41, 5.74) is 0. The number of aromatic nitrogens is 3. The van der Waals surface area contributed by atoms with Gasteiger partial charge in [0.05, 0.1) is 0 Å². The van der Waals surface area contributed by atoms with Crippen molar-refractivity contribution >= 4 is 29.5 Å². The highest BCUT2D eigenvalue weighted by molar-refractivity contribution is 8.00. The zero-order valence-electron chi connectivity index (χ0n) is 18.6. The molecule has 0 spiro atoms. The zero-order valence-corrected chi connectivity index (χ0v) is 20.2. The van der Waals surface area contributed by atoms with E-state index in [4.69, 9.17) is 4.99 Å². The predicted molar refractivity (Wildman–Crippen MR) is 126 cm³/mol. The van der Waals surface area contributed by atoms with Gasteiger partial charge in [0, 0.05) is 49.6 Å². The minimum Gasteiger partial charge on any atom is -0.357 e. The van der Waals surface area contributed by atoms with Crippen LogP contribution >= 0.6 is 23.5 Å². The molecular formula is C21H38N6S2. The predicted octanol–water partition coefficient (Wildman–Crippen LogP) is 4.09. The number of guanidine groups is 1. The van der Waals surface area contributed by atoms with Gasteiger partial charge in [0.1, 0.15) is 5.82 Å². The Morgan fingerprint density at radius 3 is 2.79 bits per heavy atom. The molecule has 1 aromatic heterocycles. The molecule has 0 amide bonds. The van der Waals surface area contributed by atoms with Crippen molar-refractivity contribution in [2.45, 2.75) is 75.7 Å². The van der Waals surface area contributed by atoms with Crippen LogP contribution in [0, 0.1) is 5.92 Å². The van der Waals surface area contributed by atoms with E-state index in [0.29, 0.717) is 17.2 Å². The van der Waals surface area contributed by atoms with Crippen molar-refractivity contribution in [3.8, 4) is 0 Å². The van der Waals surface area contributed by atoms with Gasteiger partial charge in [-0.1, -0.05) is 38.5 Å². The van der Waals surface area contributed by atoms with E-state index < -0.39 is 0 Å². The Morgan fingerprint density at radius 2 is 2.10 bits per heavy atom. The fraction of sp³-hybridized carbons (Fsp3) is 0.857. The minimum atomic E-state index is 0.599. The number of hydrogen-bond donors (Lipinski definition) is 1. The van der Waals surface area contributed by atoms with Crippen LogP contribution in [-0.4, -0.2) is 69.1 Å². The lowest BCUT2D eigenvalue weighted by molar-refractivity contribution is 0.380. The van der Waals surface area contributed by atoms with Gasteiger partial charge in [-0.05, 0) is 38.4 Å². The number of aryl methyl sites for hydroxylation is 1. The van der Waals surface area contributed by atoms with Gasteiger partial charge in [0.15, 0.2) is 11.1 Å². The van der Waals surface area contributed by atoms with Crippen LogP contribution in [0.1, 0.15) is 64.7 Å². The summed E-state index contributed by atoms with van der Waals surface area (Å²) in [4.78, 5) is 7.42. The molecule has 0 radical (unpaired) electrons. The molecule has 2 heterocycles.